The van der Waals surface area contributed by atoms with Gasteiger partial charge in [0.15, 0.2) is 0 Å². The quantitative estimate of drug-likeness (QED) is 0.578. The van der Waals surface area contributed by atoms with E-state index in [2.05, 4.69) is 15.3 Å². The summed E-state index contributed by atoms with van der Waals surface area (Å²) in [5.41, 5.74) is 3.51. The second-order valence-electron chi connectivity index (χ2n) is 6.24. The highest BCUT2D eigenvalue weighted by Gasteiger charge is 2.13. The van der Waals surface area contributed by atoms with Gasteiger partial charge < -0.3 is 19.5 Å². The Morgan fingerprint density at radius 2 is 1.96 bits per heavy atom. The topological polar surface area (TPSA) is 80.2 Å². The van der Waals surface area contributed by atoms with Crippen LogP contribution in [0.5, 0.6) is 5.75 Å². The van der Waals surface area contributed by atoms with Crippen LogP contribution in [0.1, 0.15) is 17.0 Å². The van der Waals surface area contributed by atoms with Gasteiger partial charge in [-0.15, -0.1) is 0 Å². The fourth-order valence-electron chi connectivity index (χ4n) is 2.97. The minimum Gasteiger partial charge on any atom is -0.497 e. The van der Waals surface area contributed by atoms with Crippen LogP contribution in [0.2, 0.25) is 0 Å². The van der Waals surface area contributed by atoms with E-state index in [0.29, 0.717) is 30.0 Å². The molecule has 0 radical (unpaired) electrons. The molecule has 0 aliphatic rings. The van der Waals surface area contributed by atoms with Crippen LogP contribution in [-0.4, -0.2) is 17.1 Å². The summed E-state index contributed by atoms with van der Waals surface area (Å²) in [5, 5.41) is 4.16. The van der Waals surface area contributed by atoms with E-state index >= 15 is 0 Å². The summed E-state index contributed by atoms with van der Waals surface area (Å²) in [6.45, 7) is 3.12. The van der Waals surface area contributed by atoms with E-state index in [4.69, 9.17) is 9.15 Å². The zero-order valence-corrected chi connectivity index (χ0v) is 14.6. The fraction of sp³-hybridized carbons (Fsp3) is 0.200. The minimum absolute atomic E-state index is 0.259. The molecule has 0 saturated carbocycles. The molecule has 0 unspecified atom stereocenters. The number of aryl methyl sites for hydroxylation is 1. The number of furan rings is 1. The lowest BCUT2D eigenvalue weighted by molar-refractivity contribution is 0.414. The van der Waals surface area contributed by atoms with Crippen molar-refractivity contribution in [3.63, 3.8) is 0 Å². The number of aromatic nitrogens is 2. The molecule has 0 bridgehead atoms. The fourth-order valence-corrected chi connectivity index (χ4v) is 2.97. The Morgan fingerprint density at radius 1 is 1.15 bits per heavy atom. The summed E-state index contributed by atoms with van der Waals surface area (Å²) in [7, 11) is 1.65. The predicted octanol–water partition coefficient (Wildman–Crippen LogP) is 3.28. The number of nitrogens with zero attached hydrogens (tertiary/aromatic N) is 1. The van der Waals surface area contributed by atoms with Gasteiger partial charge >= 0.3 is 0 Å². The molecule has 26 heavy (non-hydrogen) atoms. The average Bonchev–Trinajstić information content (AvgIpc) is 3.01. The van der Waals surface area contributed by atoms with E-state index < -0.39 is 0 Å². The zero-order chi connectivity index (χ0) is 18.1. The van der Waals surface area contributed by atoms with Gasteiger partial charge in [0.1, 0.15) is 22.7 Å². The molecular weight excluding hydrogens is 330 g/mol. The lowest BCUT2D eigenvalue weighted by Crippen LogP contribution is -2.18. The molecule has 2 N–H and O–H groups in total. The van der Waals surface area contributed by atoms with Gasteiger partial charge in [0.25, 0.3) is 5.56 Å². The number of aromatic amines is 1. The molecule has 4 aromatic rings. The molecule has 2 aromatic carbocycles. The summed E-state index contributed by atoms with van der Waals surface area (Å²) in [6, 6.07) is 13.6. The minimum atomic E-state index is -0.259. The largest absolute Gasteiger partial charge is 0.497 e. The Morgan fingerprint density at radius 3 is 2.73 bits per heavy atom. The zero-order valence-electron chi connectivity index (χ0n) is 14.6. The summed E-state index contributed by atoms with van der Waals surface area (Å²) >= 11 is 0. The Balaban J connectivity index is 1.57. The molecule has 2 heterocycles. The summed E-state index contributed by atoms with van der Waals surface area (Å²) in [4.78, 5) is 19.7. The van der Waals surface area contributed by atoms with Crippen molar-refractivity contribution in [3.8, 4) is 5.75 Å². The van der Waals surface area contributed by atoms with E-state index in [9.17, 15) is 4.79 Å². The molecule has 2 aromatic heterocycles. The van der Waals surface area contributed by atoms with Crippen molar-refractivity contribution in [2.75, 3.05) is 7.11 Å². The van der Waals surface area contributed by atoms with Crippen LogP contribution < -0.4 is 15.6 Å². The Kier molecular flexibility index (Phi) is 4.18. The van der Waals surface area contributed by atoms with Crippen molar-refractivity contribution >= 4 is 22.1 Å². The second kappa shape index (κ2) is 6.65. The maximum absolute atomic E-state index is 12.3. The first-order valence-corrected chi connectivity index (χ1v) is 8.40. The first-order valence-electron chi connectivity index (χ1n) is 8.40. The normalized spacial score (nSPS) is 11.3. The number of hydrogen-bond donors (Lipinski definition) is 2. The van der Waals surface area contributed by atoms with Crippen molar-refractivity contribution in [3.05, 3.63) is 69.8 Å². The summed E-state index contributed by atoms with van der Waals surface area (Å²) < 4.78 is 10.8. The van der Waals surface area contributed by atoms with Gasteiger partial charge in [-0.05, 0) is 36.8 Å². The maximum atomic E-state index is 12.3. The molecule has 132 valence electrons. The van der Waals surface area contributed by atoms with Gasteiger partial charge in [-0.1, -0.05) is 23.8 Å². The van der Waals surface area contributed by atoms with Crippen LogP contribution >= 0.6 is 0 Å². The highest BCUT2D eigenvalue weighted by molar-refractivity contribution is 6.02. The molecule has 0 amide bonds. The maximum Gasteiger partial charge on any atom is 0.294 e. The molecule has 0 aliphatic heterocycles. The van der Waals surface area contributed by atoms with Crippen molar-refractivity contribution in [2.45, 2.75) is 20.0 Å². The van der Waals surface area contributed by atoms with Crippen molar-refractivity contribution in [1.29, 1.82) is 0 Å². The molecule has 6 nitrogen and oxygen atoms in total. The second-order valence-corrected chi connectivity index (χ2v) is 6.24. The molecule has 4 rings (SSSR count). The molecule has 0 atom stereocenters. The van der Waals surface area contributed by atoms with Crippen LogP contribution in [0.15, 0.2) is 51.7 Å². The molecule has 6 heteroatoms. The number of ether oxygens (including phenoxy) is 1. The van der Waals surface area contributed by atoms with Crippen LogP contribution in [0.3, 0.4) is 0 Å². The van der Waals surface area contributed by atoms with Crippen molar-refractivity contribution in [2.24, 2.45) is 0 Å². The van der Waals surface area contributed by atoms with Gasteiger partial charge in [0.05, 0.1) is 13.7 Å². The van der Waals surface area contributed by atoms with Gasteiger partial charge in [-0.25, -0.2) is 4.98 Å². The van der Waals surface area contributed by atoms with Crippen LogP contribution in [0, 0.1) is 6.92 Å². The third kappa shape index (κ3) is 3.07. The molecule has 0 fully saturated rings. The van der Waals surface area contributed by atoms with E-state index in [1.54, 1.807) is 7.11 Å². The number of methoxy groups -OCH3 is 1. The number of hydrogen-bond acceptors (Lipinski definition) is 5. The predicted molar refractivity (Wildman–Crippen MR) is 100 cm³/mol. The number of H-pyrrole nitrogens is 1. The summed E-state index contributed by atoms with van der Waals surface area (Å²) in [6.07, 6.45) is 0. The SMILES string of the molecule is COc1ccc(CNCc2nc3c(oc4ccc(C)cc43)c(=O)[nH]2)cc1. The van der Waals surface area contributed by atoms with Gasteiger partial charge in [0, 0.05) is 11.9 Å². The van der Waals surface area contributed by atoms with E-state index in [1.807, 2.05) is 49.4 Å². The third-order valence-electron chi connectivity index (χ3n) is 4.31. The van der Waals surface area contributed by atoms with Crippen molar-refractivity contribution < 1.29 is 9.15 Å². The standard InChI is InChI=1S/C20H19N3O3/c1-12-3-8-16-15(9-12)18-19(26-16)20(24)23-17(22-18)11-21-10-13-4-6-14(25-2)7-5-13/h3-9,21H,10-11H2,1-2H3,(H,22,23,24). The number of fused-ring (bicyclic) bond motifs is 3. The van der Waals surface area contributed by atoms with Crippen molar-refractivity contribution in [1.82, 2.24) is 15.3 Å². The monoisotopic (exact) mass is 349 g/mol. The van der Waals surface area contributed by atoms with E-state index in [-0.39, 0.29) is 11.1 Å². The Hall–Kier alpha value is -3.12. The van der Waals surface area contributed by atoms with Gasteiger partial charge in [-0.3, -0.25) is 4.79 Å². The molecule has 0 saturated heterocycles. The number of benzene rings is 2. The van der Waals surface area contributed by atoms with Gasteiger partial charge in [0.2, 0.25) is 5.58 Å². The number of nitrogens with one attached hydrogen (secondary N) is 2. The Labute approximate surface area is 149 Å². The number of rotatable bonds is 5. The average molecular weight is 349 g/mol. The first kappa shape index (κ1) is 16.4. The molecular formula is C20H19N3O3. The van der Waals surface area contributed by atoms with Crippen LogP contribution in [0.25, 0.3) is 22.1 Å². The van der Waals surface area contributed by atoms with Crippen LogP contribution in [-0.2, 0) is 13.1 Å². The lowest BCUT2D eigenvalue weighted by atomic mass is 10.2. The highest BCUT2D eigenvalue weighted by Crippen LogP contribution is 2.25. The Bertz CT molecular complexity index is 1130. The smallest absolute Gasteiger partial charge is 0.294 e. The lowest BCUT2D eigenvalue weighted by Gasteiger charge is -2.06. The molecule has 0 aliphatic carbocycles. The molecule has 0 spiro atoms. The highest BCUT2D eigenvalue weighted by atomic mass is 16.5. The summed E-state index contributed by atoms with van der Waals surface area (Å²) in [5.74, 6) is 1.41. The first-order chi connectivity index (χ1) is 12.6. The van der Waals surface area contributed by atoms with E-state index in [0.717, 1.165) is 22.3 Å². The third-order valence-corrected chi connectivity index (χ3v) is 4.31. The van der Waals surface area contributed by atoms with E-state index in [1.165, 1.54) is 0 Å². The van der Waals surface area contributed by atoms with Gasteiger partial charge in [-0.2, -0.15) is 0 Å². The van der Waals surface area contributed by atoms with Crippen LogP contribution in [0.4, 0.5) is 0 Å².